The van der Waals surface area contributed by atoms with Gasteiger partial charge in [-0.15, -0.1) is 11.3 Å². The predicted molar refractivity (Wildman–Crippen MR) is 70.6 cm³/mol. The van der Waals surface area contributed by atoms with Gasteiger partial charge in [-0.3, -0.25) is 9.35 Å². The average molecular weight is 288 g/mol. The van der Waals surface area contributed by atoms with Gasteiger partial charge in [-0.1, -0.05) is 6.07 Å². The molecule has 0 amide bonds. The molecule has 98 valence electrons. The summed E-state index contributed by atoms with van der Waals surface area (Å²) in [6.45, 7) is 0. The molecular weight excluding hydrogens is 276 g/mol. The molecule has 1 aromatic carbocycles. The molecule has 0 spiro atoms. The lowest BCUT2D eigenvalue weighted by Crippen LogP contribution is -1.99. The van der Waals surface area contributed by atoms with Crippen LogP contribution in [0.4, 0.5) is 0 Å². The summed E-state index contributed by atoms with van der Waals surface area (Å²) in [5.41, 5.74) is 0.860. The number of rotatable bonds is 2. The first kappa shape index (κ1) is 14.6. The molecule has 0 aliphatic heterocycles. The number of hydrogen-bond donors (Lipinski definition) is 2. The number of carboxylic acids is 1. The Labute approximate surface area is 108 Å². The van der Waals surface area contributed by atoms with Crippen LogP contribution >= 0.6 is 11.3 Å². The molecule has 2 N–H and O–H groups in total. The molecule has 1 heterocycles. The average Bonchev–Trinajstić information content (AvgIpc) is 2.60. The number of benzene rings is 1. The fourth-order valence-corrected chi connectivity index (χ4v) is 2.07. The first-order valence-corrected chi connectivity index (χ1v) is 7.59. The normalized spacial score (nSPS) is 10.8. The van der Waals surface area contributed by atoms with Gasteiger partial charge in [0.2, 0.25) is 0 Å². The second-order valence-electron chi connectivity index (χ2n) is 3.60. The fourth-order valence-electron chi connectivity index (χ4n) is 1.30. The Balaban J connectivity index is 0.000000280. The van der Waals surface area contributed by atoms with Gasteiger partial charge in [0.1, 0.15) is 0 Å². The monoisotopic (exact) mass is 288 g/mol. The van der Waals surface area contributed by atoms with Crippen LogP contribution in [0.15, 0.2) is 29.6 Å². The van der Waals surface area contributed by atoms with Crippen molar-refractivity contribution in [3.05, 3.63) is 35.2 Å². The van der Waals surface area contributed by atoms with Crippen molar-refractivity contribution in [3.63, 3.8) is 0 Å². The minimum atomic E-state index is -3.67. The molecule has 0 unspecified atom stereocenters. The van der Waals surface area contributed by atoms with Crippen molar-refractivity contribution in [3.8, 4) is 0 Å². The highest BCUT2D eigenvalue weighted by atomic mass is 32.2. The quantitative estimate of drug-likeness (QED) is 0.825. The number of carbonyl (C=O) groups is 1. The molecule has 0 bridgehead atoms. The van der Waals surface area contributed by atoms with E-state index in [-0.39, 0.29) is 6.42 Å². The van der Waals surface area contributed by atoms with Crippen LogP contribution in [0.3, 0.4) is 0 Å². The Morgan fingerprint density at radius 2 is 1.94 bits per heavy atom. The largest absolute Gasteiger partial charge is 0.481 e. The van der Waals surface area contributed by atoms with E-state index in [1.807, 2.05) is 29.6 Å². The second kappa shape index (κ2) is 5.94. The second-order valence-corrected chi connectivity index (χ2v) is 6.01. The molecule has 0 aliphatic carbocycles. The molecular formula is C11H12O5S2. The van der Waals surface area contributed by atoms with Gasteiger partial charge in [-0.2, -0.15) is 8.42 Å². The van der Waals surface area contributed by atoms with Crippen molar-refractivity contribution < 1.29 is 22.9 Å². The zero-order chi connectivity index (χ0) is 13.8. The standard InChI is InChI=1S/C10H8O2S.CH4O3S/c11-10(12)6-7-1-2-9-8(5-7)3-4-13-9;1-5(2,3)4/h1-5H,6H2,(H,11,12);1H3,(H,2,3,4). The summed E-state index contributed by atoms with van der Waals surface area (Å²) < 4.78 is 27.1. The summed E-state index contributed by atoms with van der Waals surface area (Å²) in [5, 5.41) is 11.7. The highest BCUT2D eigenvalue weighted by molar-refractivity contribution is 7.85. The first-order chi connectivity index (χ1) is 8.25. The fraction of sp³-hybridized carbons (Fsp3) is 0.182. The summed E-state index contributed by atoms with van der Waals surface area (Å²) in [4.78, 5) is 10.4. The van der Waals surface area contributed by atoms with E-state index >= 15 is 0 Å². The van der Waals surface area contributed by atoms with E-state index in [0.29, 0.717) is 6.26 Å². The molecule has 7 heteroatoms. The lowest BCUT2D eigenvalue weighted by Gasteiger charge is -1.96. The molecule has 0 radical (unpaired) electrons. The van der Waals surface area contributed by atoms with Crippen LogP contribution < -0.4 is 0 Å². The van der Waals surface area contributed by atoms with Crippen LogP contribution in [0, 0.1) is 0 Å². The van der Waals surface area contributed by atoms with Gasteiger partial charge in [0, 0.05) is 4.70 Å². The molecule has 1 aromatic heterocycles. The van der Waals surface area contributed by atoms with E-state index in [1.165, 1.54) is 4.70 Å². The van der Waals surface area contributed by atoms with Crippen LogP contribution in [0.1, 0.15) is 5.56 Å². The van der Waals surface area contributed by atoms with Gasteiger partial charge in [0.15, 0.2) is 0 Å². The Bertz CT molecular complexity index is 634. The summed E-state index contributed by atoms with van der Waals surface area (Å²) >= 11 is 1.67. The maximum Gasteiger partial charge on any atom is 0.307 e. The third-order valence-corrected chi connectivity index (χ3v) is 2.77. The van der Waals surface area contributed by atoms with Crippen LogP contribution in [-0.2, 0) is 21.3 Å². The number of thiophene rings is 1. The molecule has 0 aliphatic rings. The molecule has 0 saturated carbocycles. The lowest BCUT2D eigenvalue weighted by molar-refractivity contribution is -0.136. The highest BCUT2D eigenvalue weighted by Crippen LogP contribution is 2.21. The van der Waals surface area contributed by atoms with Crippen molar-refractivity contribution in [2.24, 2.45) is 0 Å². The maximum absolute atomic E-state index is 10.4. The maximum atomic E-state index is 10.4. The topological polar surface area (TPSA) is 91.7 Å². The number of fused-ring (bicyclic) bond motifs is 1. The minimum Gasteiger partial charge on any atom is -0.481 e. The molecule has 2 rings (SSSR count). The van der Waals surface area contributed by atoms with E-state index in [2.05, 4.69) is 0 Å². The Morgan fingerprint density at radius 3 is 2.50 bits per heavy atom. The zero-order valence-corrected chi connectivity index (χ0v) is 11.2. The summed E-state index contributed by atoms with van der Waals surface area (Å²) in [6.07, 6.45) is 0.818. The van der Waals surface area contributed by atoms with E-state index < -0.39 is 16.1 Å². The first-order valence-electron chi connectivity index (χ1n) is 4.86. The minimum absolute atomic E-state index is 0.103. The zero-order valence-electron chi connectivity index (χ0n) is 9.53. The summed E-state index contributed by atoms with van der Waals surface area (Å²) in [7, 11) is -3.67. The van der Waals surface area contributed by atoms with Crippen LogP contribution in [-0.4, -0.2) is 30.3 Å². The third kappa shape index (κ3) is 5.76. The smallest absolute Gasteiger partial charge is 0.307 e. The lowest BCUT2D eigenvalue weighted by atomic mass is 10.1. The van der Waals surface area contributed by atoms with Crippen LogP contribution in [0.5, 0.6) is 0 Å². The van der Waals surface area contributed by atoms with Crippen LogP contribution in [0.2, 0.25) is 0 Å². The van der Waals surface area contributed by atoms with Gasteiger partial charge < -0.3 is 5.11 Å². The summed E-state index contributed by atoms with van der Waals surface area (Å²) in [5.74, 6) is -0.783. The molecule has 2 aromatic rings. The number of hydrogen-bond acceptors (Lipinski definition) is 4. The van der Waals surface area contributed by atoms with E-state index in [4.69, 9.17) is 9.66 Å². The molecule has 18 heavy (non-hydrogen) atoms. The van der Waals surface area contributed by atoms with Gasteiger partial charge in [-0.05, 0) is 34.5 Å². The Hall–Kier alpha value is -1.44. The molecule has 0 fully saturated rings. The third-order valence-electron chi connectivity index (χ3n) is 1.87. The number of carboxylic acid groups (broad SMARTS) is 1. The van der Waals surface area contributed by atoms with Crippen molar-refractivity contribution in [2.75, 3.05) is 6.26 Å². The summed E-state index contributed by atoms with van der Waals surface area (Å²) in [6, 6.07) is 7.77. The van der Waals surface area contributed by atoms with Gasteiger partial charge in [0.05, 0.1) is 12.7 Å². The van der Waals surface area contributed by atoms with Gasteiger partial charge in [-0.25, -0.2) is 0 Å². The molecule has 0 saturated heterocycles. The van der Waals surface area contributed by atoms with Crippen LogP contribution in [0.25, 0.3) is 10.1 Å². The van der Waals surface area contributed by atoms with Crippen molar-refractivity contribution in [2.45, 2.75) is 6.42 Å². The highest BCUT2D eigenvalue weighted by Gasteiger charge is 2.01. The van der Waals surface area contributed by atoms with Crippen molar-refractivity contribution in [1.29, 1.82) is 0 Å². The SMILES string of the molecule is CS(=O)(=O)O.O=C(O)Cc1ccc2sccc2c1. The van der Waals surface area contributed by atoms with Gasteiger partial charge >= 0.3 is 5.97 Å². The van der Waals surface area contributed by atoms with E-state index in [0.717, 1.165) is 10.9 Å². The van der Waals surface area contributed by atoms with E-state index in [9.17, 15) is 13.2 Å². The molecule has 0 atom stereocenters. The van der Waals surface area contributed by atoms with Crippen molar-refractivity contribution in [1.82, 2.24) is 0 Å². The Kier molecular flexibility index (Phi) is 4.83. The Morgan fingerprint density at radius 1 is 1.33 bits per heavy atom. The predicted octanol–water partition coefficient (Wildman–Crippen LogP) is 2.03. The van der Waals surface area contributed by atoms with Crippen molar-refractivity contribution >= 4 is 37.5 Å². The van der Waals surface area contributed by atoms with Gasteiger partial charge in [0.25, 0.3) is 10.1 Å². The molecule has 5 nitrogen and oxygen atoms in total. The number of aliphatic carboxylic acids is 1. The van der Waals surface area contributed by atoms with E-state index in [1.54, 1.807) is 11.3 Å².